The van der Waals surface area contributed by atoms with Crippen molar-refractivity contribution in [3.05, 3.63) is 12.2 Å². The van der Waals surface area contributed by atoms with Gasteiger partial charge in [0.15, 0.2) is 0 Å². The van der Waals surface area contributed by atoms with Gasteiger partial charge in [-0.2, -0.15) is 0 Å². The van der Waals surface area contributed by atoms with Crippen molar-refractivity contribution < 1.29 is 4.74 Å². The molecule has 1 fully saturated rings. The monoisotopic (exact) mass is 197 g/mol. The largest absolute Gasteiger partial charge is 0.374 e. The lowest BCUT2D eigenvalue weighted by Crippen LogP contribution is -2.27. The maximum absolute atomic E-state index is 5.85. The standard InChI is InChI=1S/C12H23NO/c1-2-11-7-3-4-8-12(11)14-10-6-5-9-13/h5-6,11-12H,2-4,7-10,13H2,1H3. The zero-order valence-electron chi connectivity index (χ0n) is 9.24. The van der Waals surface area contributed by atoms with Crippen molar-refractivity contribution in [2.75, 3.05) is 13.2 Å². The Morgan fingerprint density at radius 1 is 1.29 bits per heavy atom. The maximum Gasteiger partial charge on any atom is 0.0651 e. The van der Waals surface area contributed by atoms with Crippen molar-refractivity contribution in [1.29, 1.82) is 0 Å². The van der Waals surface area contributed by atoms with Gasteiger partial charge in [-0.05, 0) is 18.8 Å². The molecule has 2 atom stereocenters. The predicted molar refractivity (Wildman–Crippen MR) is 60.2 cm³/mol. The molecule has 0 amide bonds. The third kappa shape index (κ3) is 3.81. The molecule has 0 aliphatic heterocycles. The van der Waals surface area contributed by atoms with Crippen LogP contribution in [0.1, 0.15) is 39.0 Å². The van der Waals surface area contributed by atoms with E-state index in [2.05, 4.69) is 6.92 Å². The molecule has 1 saturated carbocycles. The lowest BCUT2D eigenvalue weighted by Gasteiger charge is -2.30. The molecule has 0 aromatic carbocycles. The maximum atomic E-state index is 5.85. The first-order valence-electron chi connectivity index (χ1n) is 5.85. The minimum Gasteiger partial charge on any atom is -0.374 e. The highest BCUT2D eigenvalue weighted by atomic mass is 16.5. The third-order valence-corrected chi connectivity index (χ3v) is 3.07. The molecular weight excluding hydrogens is 174 g/mol. The van der Waals surface area contributed by atoms with Gasteiger partial charge in [-0.3, -0.25) is 0 Å². The minimum absolute atomic E-state index is 0.496. The molecule has 0 heterocycles. The summed E-state index contributed by atoms with van der Waals surface area (Å²) in [6, 6.07) is 0. The fourth-order valence-electron chi connectivity index (χ4n) is 2.20. The summed E-state index contributed by atoms with van der Waals surface area (Å²) in [6.45, 7) is 3.62. The van der Waals surface area contributed by atoms with E-state index in [0.29, 0.717) is 12.6 Å². The highest BCUT2D eigenvalue weighted by Gasteiger charge is 2.23. The van der Waals surface area contributed by atoms with E-state index in [4.69, 9.17) is 10.5 Å². The molecule has 0 aromatic heterocycles. The Kier molecular flexibility index (Phi) is 5.88. The molecule has 0 spiro atoms. The molecule has 14 heavy (non-hydrogen) atoms. The second-order valence-electron chi connectivity index (χ2n) is 4.03. The first-order chi connectivity index (χ1) is 6.88. The SMILES string of the molecule is CCC1CCCCC1OCC=CCN. The Morgan fingerprint density at radius 3 is 2.79 bits per heavy atom. The van der Waals surface area contributed by atoms with E-state index in [1.165, 1.54) is 32.1 Å². The number of nitrogens with two attached hydrogens (primary N) is 1. The van der Waals surface area contributed by atoms with Crippen molar-refractivity contribution in [1.82, 2.24) is 0 Å². The van der Waals surface area contributed by atoms with Crippen LogP contribution in [-0.2, 0) is 4.74 Å². The molecule has 0 aromatic rings. The zero-order valence-corrected chi connectivity index (χ0v) is 9.24. The molecule has 0 saturated heterocycles. The highest BCUT2D eigenvalue weighted by molar-refractivity contribution is 4.83. The van der Waals surface area contributed by atoms with Crippen LogP contribution in [0, 0.1) is 5.92 Å². The molecule has 0 bridgehead atoms. The van der Waals surface area contributed by atoms with Crippen LogP contribution in [0.5, 0.6) is 0 Å². The Labute approximate surface area is 87.5 Å². The zero-order chi connectivity index (χ0) is 10.2. The minimum atomic E-state index is 0.496. The van der Waals surface area contributed by atoms with Crippen molar-refractivity contribution >= 4 is 0 Å². The number of rotatable bonds is 5. The summed E-state index contributed by atoms with van der Waals surface area (Å²) >= 11 is 0. The van der Waals surface area contributed by atoms with E-state index in [0.717, 1.165) is 12.5 Å². The fraction of sp³-hybridized carbons (Fsp3) is 0.833. The van der Waals surface area contributed by atoms with E-state index in [-0.39, 0.29) is 0 Å². The molecule has 2 N–H and O–H groups in total. The summed E-state index contributed by atoms with van der Waals surface area (Å²) in [6.07, 6.45) is 11.1. The van der Waals surface area contributed by atoms with Crippen molar-refractivity contribution in [2.24, 2.45) is 11.7 Å². The molecule has 2 heteroatoms. The topological polar surface area (TPSA) is 35.2 Å². The van der Waals surface area contributed by atoms with Gasteiger partial charge in [-0.1, -0.05) is 38.3 Å². The second-order valence-corrected chi connectivity index (χ2v) is 4.03. The molecule has 82 valence electrons. The van der Waals surface area contributed by atoms with E-state index in [9.17, 15) is 0 Å². The fourth-order valence-corrected chi connectivity index (χ4v) is 2.20. The summed E-state index contributed by atoms with van der Waals surface area (Å²) < 4.78 is 5.85. The third-order valence-electron chi connectivity index (χ3n) is 3.07. The molecule has 2 unspecified atom stereocenters. The van der Waals surface area contributed by atoms with Gasteiger partial charge >= 0.3 is 0 Å². The van der Waals surface area contributed by atoms with Gasteiger partial charge in [0.2, 0.25) is 0 Å². The average molecular weight is 197 g/mol. The number of hydrogen-bond donors (Lipinski definition) is 1. The summed E-state index contributed by atoms with van der Waals surface area (Å²) in [7, 11) is 0. The van der Waals surface area contributed by atoms with Gasteiger partial charge in [0.25, 0.3) is 0 Å². The lowest BCUT2D eigenvalue weighted by molar-refractivity contribution is 0.00253. The van der Waals surface area contributed by atoms with Gasteiger partial charge in [0.1, 0.15) is 0 Å². The van der Waals surface area contributed by atoms with Crippen LogP contribution in [0.25, 0.3) is 0 Å². The molecular formula is C12H23NO. The van der Waals surface area contributed by atoms with Crippen LogP contribution in [0.4, 0.5) is 0 Å². The second kappa shape index (κ2) is 7.02. The number of hydrogen-bond acceptors (Lipinski definition) is 2. The van der Waals surface area contributed by atoms with Crippen LogP contribution < -0.4 is 5.73 Å². The molecule has 1 aliphatic rings. The number of ether oxygens (including phenoxy) is 1. The summed E-state index contributed by atoms with van der Waals surface area (Å²) in [5, 5.41) is 0. The van der Waals surface area contributed by atoms with Crippen LogP contribution >= 0.6 is 0 Å². The Morgan fingerprint density at radius 2 is 2.07 bits per heavy atom. The average Bonchev–Trinajstić information content (AvgIpc) is 2.25. The highest BCUT2D eigenvalue weighted by Crippen LogP contribution is 2.28. The van der Waals surface area contributed by atoms with Crippen LogP contribution in [0.3, 0.4) is 0 Å². The predicted octanol–water partition coefficient (Wildman–Crippen LogP) is 2.49. The van der Waals surface area contributed by atoms with Crippen molar-refractivity contribution in [2.45, 2.75) is 45.1 Å². The smallest absolute Gasteiger partial charge is 0.0651 e. The van der Waals surface area contributed by atoms with Gasteiger partial charge in [0.05, 0.1) is 12.7 Å². The molecule has 2 nitrogen and oxygen atoms in total. The van der Waals surface area contributed by atoms with Gasteiger partial charge in [0, 0.05) is 6.54 Å². The summed E-state index contributed by atoms with van der Waals surface area (Å²) in [4.78, 5) is 0. The van der Waals surface area contributed by atoms with Crippen LogP contribution in [0.15, 0.2) is 12.2 Å². The molecule has 0 radical (unpaired) electrons. The van der Waals surface area contributed by atoms with Gasteiger partial charge in [-0.25, -0.2) is 0 Å². The Bertz CT molecular complexity index is 168. The van der Waals surface area contributed by atoms with Crippen LogP contribution in [0.2, 0.25) is 0 Å². The first-order valence-corrected chi connectivity index (χ1v) is 5.85. The lowest BCUT2D eigenvalue weighted by atomic mass is 9.85. The van der Waals surface area contributed by atoms with E-state index >= 15 is 0 Å². The molecule has 1 aliphatic carbocycles. The first kappa shape index (κ1) is 11.7. The summed E-state index contributed by atoms with van der Waals surface area (Å²) in [5.74, 6) is 0.787. The van der Waals surface area contributed by atoms with Crippen molar-refractivity contribution in [3.8, 4) is 0 Å². The summed E-state index contributed by atoms with van der Waals surface area (Å²) in [5.41, 5.74) is 5.36. The van der Waals surface area contributed by atoms with Gasteiger partial charge in [-0.15, -0.1) is 0 Å². The van der Waals surface area contributed by atoms with E-state index in [1.54, 1.807) is 0 Å². The van der Waals surface area contributed by atoms with E-state index in [1.807, 2.05) is 12.2 Å². The Balaban J connectivity index is 2.22. The van der Waals surface area contributed by atoms with Gasteiger partial charge < -0.3 is 10.5 Å². The Hall–Kier alpha value is -0.340. The van der Waals surface area contributed by atoms with E-state index < -0.39 is 0 Å². The van der Waals surface area contributed by atoms with Crippen LogP contribution in [-0.4, -0.2) is 19.3 Å². The normalized spacial score (nSPS) is 28.4. The van der Waals surface area contributed by atoms with Crippen molar-refractivity contribution in [3.63, 3.8) is 0 Å². The quantitative estimate of drug-likeness (QED) is 0.687. The molecule has 1 rings (SSSR count).